The summed E-state index contributed by atoms with van der Waals surface area (Å²) in [7, 11) is 0. The average Bonchev–Trinajstić information content (AvgIpc) is 2.46. The standard InChI is InChI=1S/C17H22N2/c1-4-14-9-11-15(12-10-14)18-19-17-8-6-5-7-16(17)13(2)3/h5-13,18-19H,4H2,1-3H3. The molecule has 0 aliphatic heterocycles. The molecule has 0 bridgehead atoms. The molecule has 0 unspecified atom stereocenters. The quantitative estimate of drug-likeness (QED) is 0.748. The molecule has 0 aliphatic carbocycles. The Balaban J connectivity index is 2.05. The lowest BCUT2D eigenvalue weighted by atomic mass is 10.0. The molecule has 0 radical (unpaired) electrons. The van der Waals surface area contributed by atoms with Gasteiger partial charge in [-0.1, -0.05) is 51.1 Å². The number of hydrazine groups is 1. The highest BCUT2D eigenvalue weighted by atomic mass is 15.4. The molecule has 0 atom stereocenters. The van der Waals surface area contributed by atoms with Crippen LogP contribution in [-0.4, -0.2) is 0 Å². The number of hydrogen-bond donors (Lipinski definition) is 2. The summed E-state index contributed by atoms with van der Waals surface area (Å²) in [6.07, 6.45) is 1.07. The van der Waals surface area contributed by atoms with Gasteiger partial charge >= 0.3 is 0 Å². The monoisotopic (exact) mass is 254 g/mol. The lowest BCUT2D eigenvalue weighted by Gasteiger charge is -2.16. The second-order valence-electron chi connectivity index (χ2n) is 5.04. The fraction of sp³-hybridized carbons (Fsp3) is 0.294. The maximum absolute atomic E-state index is 3.30. The van der Waals surface area contributed by atoms with Gasteiger partial charge in [-0.2, -0.15) is 0 Å². The van der Waals surface area contributed by atoms with Crippen molar-refractivity contribution in [1.29, 1.82) is 0 Å². The highest BCUT2D eigenvalue weighted by Gasteiger charge is 2.04. The van der Waals surface area contributed by atoms with Crippen LogP contribution < -0.4 is 10.9 Å². The van der Waals surface area contributed by atoms with Gasteiger partial charge < -0.3 is 10.9 Å². The molecule has 0 fully saturated rings. The topological polar surface area (TPSA) is 24.1 Å². The molecule has 100 valence electrons. The van der Waals surface area contributed by atoms with Crippen molar-refractivity contribution in [1.82, 2.24) is 0 Å². The molecule has 0 saturated heterocycles. The van der Waals surface area contributed by atoms with E-state index in [9.17, 15) is 0 Å². The van der Waals surface area contributed by atoms with Crippen molar-refractivity contribution >= 4 is 11.4 Å². The van der Waals surface area contributed by atoms with Gasteiger partial charge in [-0.3, -0.25) is 0 Å². The number of aryl methyl sites for hydroxylation is 1. The Morgan fingerprint density at radius 2 is 1.58 bits per heavy atom. The first-order valence-corrected chi connectivity index (χ1v) is 6.90. The van der Waals surface area contributed by atoms with Gasteiger partial charge in [-0.25, -0.2) is 0 Å². The van der Waals surface area contributed by atoms with Crippen molar-refractivity contribution in [2.45, 2.75) is 33.1 Å². The molecule has 0 aromatic heterocycles. The van der Waals surface area contributed by atoms with Gasteiger partial charge in [0.15, 0.2) is 0 Å². The van der Waals surface area contributed by atoms with Crippen LogP contribution in [0.1, 0.15) is 37.8 Å². The van der Waals surface area contributed by atoms with E-state index in [0.717, 1.165) is 17.8 Å². The third-order valence-corrected chi connectivity index (χ3v) is 3.29. The molecule has 2 nitrogen and oxygen atoms in total. The van der Waals surface area contributed by atoms with Crippen molar-refractivity contribution in [2.75, 3.05) is 10.9 Å². The molecule has 0 saturated carbocycles. The van der Waals surface area contributed by atoms with Gasteiger partial charge in [0.2, 0.25) is 0 Å². The van der Waals surface area contributed by atoms with Gasteiger partial charge in [-0.05, 0) is 41.7 Å². The fourth-order valence-electron chi connectivity index (χ4n) is 2.08. The van der Waals surface area contributed by atoms with E-state index in [4.69, 9.17) is 0 Å². The van der Waals surface area contributed by atoms with E-state index in [1.54, 1.807) is 0 Å². The minimum atomic E-state index is 0.507. The smallest absolute Gasteiger partial charge is 0.0574 e. The van der Waals surface area contributed by atoms with E-state index >= 15 is 0 Å². The Labute approximate surface area is 115 Å². The lowest BCUT2D eigenvalue weighted by Crippen LogP contribution is -2.10. The lowest BCUT2D eigenvalue weighted by molar-refractivity contribution is 0.868. The van der Waals surface area contributed by atoms with Crippen LogP contribution in [-0.2, 0) is 6.42 Å². The minimum absolute atomic E-state index is 0.507. The maximum atomic E-state index is 3.30. The molecule has 19 heavy (non-hydrogen) atoms. The molecule has 0 heterocycles. The van der Waals surface area contributed by atoms with Crippen LogP contribution >= 0.6 is 0 Å². The summed E-state index contributed by atoms with van der Waals surface area (Å²) in [6.45, 7) is 6.58. The van der Waals surface area contributed by atoms with Crippen LogP contribution in [0.2, 0.25) is 0 Å². The molecule has 2 rings (SSSR count). The summed E-state index contributed by atoms with van der Waals surface area (Å²) in [5.74, 6) is 0.507. The number of rotatable bonds is 5. The Morgan fingerprint density at radius 3 is 2.21 bits per heavy atom. The summed E-state index contributed by atoms with van der Waals surface area (Å²) in [4.78, 5) is 0. The molecule has 2 heteroatoms. The summed E-state index contributed by atoms with van der Waals surface area (Å²) in [5, 5.41) is 0. The van der Waals surface area contributed by atoms with E-state index in [-0.39, 0.29) is 0 Å². The zero-order valence-corrected chi connectivity index (χ0v) is 11.9. The van der Waals surface area contributed by atoms with Crippen molar-refractivity contribution in [3.8, 4) is 0 Å². The number of benzene rings is 2. The van der Waals surface area contributed by atoms with Gasteiger partial charge in [-0.15, -0.1) is 0 Å². The van der Waals surface area contributed by atoms with Crippen molar-refractivity contribution < 1.29 is 0 Å². The zero-order valence-electron chi connectivity index (χ0n) is 11.9. The predicted molar refractivity (Wildman–Crippen MR) is 83.6 cm³/mol. The van der Waals surface area contributed by atoms with Crippen molar-refractivity contribution in [2.24, 2.45) is 0 Å². The van der Waals surface area contributed by atoms with E-state index in [1.807, 2.05) is 0 Å². The molecule has 0 amide bonds. The second-order valence-corrected chi connectivity index (χ2v) is 5.04. The normalized spacial score (nSPS) is 10.5. The maximum Gasteiger partial charge on any atom is 0.0574 e. The van der Waals surface area contributed by atoms with Gasteiger partial charge in [0, 0.05) is 0 Å². The van der Waals surface area contributed by atoms with Crippen molar-refractivity contribution in [3.63, 3.8) is 0 Å². The second kappa shape index (κ2) is 6.28. The Hall–Kier alpha value is -1.96. The van der Waals surface area contributed by atoms with E-state index in [2.05, 4.69) is 80.2 Å². The Morgan fingerprint density at radius 1 is 0.895 bits per heavy atom. The number of para-hydroxylation sites is 1. The molecule has 2 aromatic carbocycles. The van der Waals surface area contributed by atoms with Crippen LogP contribution in [0.3, 0.4) is 0 Å². The van der Waals surface area contributed by atoms with Crippen LogP contribution in [0, 0.1) is 0 Å². The predicted octanol–water partition coefficient (Wildman–Crippen LogP) is 4.81. The highest BCUT2D eigenvalue weighted by molar-refractivity contribution is 5.57. The number of anilines is 2. The third kappa shape index (κ3) is 3.50. The molecule has 0 spiro atoms. The Kier molecular flexibility index (Phi) is 4.45. The first-order chi connectivity index (χ1) is 9.20. The summed E-state index contributed by atoms with van der Waals surface area (Å²) in [6, 6.07) is 16.9. The Bertz CT molecular complexity index is 515. The van der Waals surface area contributed by atoms with Crippen LogP contribution in [0.4, 0.5) is 11.4 Å². The highest BCUT2D eigenvalue weighted by Crippen LogP contribution is 2.23. The summed E-state index contributed by atoms with van der Waals surface area (Å²) >= 11 is 0. The minimum Gasteiger partial charge on any atom is -0.301 e. The van der Waals surface area contributed by atoms with Crippen LogP contribution in [0.25, 0.3) is 0 Å². The number of hydrogen-bond acceptors (Lipinski definition) is 2. The first-order valence-electron chi connectivity index (χ1n) is 6.90. The summed E-state index contributed by atoms with van der Waals surface area (Å²) in [5.41, 5.74) is 11.4. The molecule has 2 aromatic rings. The van der Waals surface area contributed by atoms with E-state index in [1.165, 1.54) is 11.1 Å². The SMILES string of the molecule is CCc1ccc(NNc2ccccc2C(C)C)cc1. The van der Waals surface area contributed by atoms with Crippen LogP contribution in [0.15, 0.2) is 48.5 Å². The van der Waals surface area contributed by atoms with Gasteiger partial charge in [0.25, 0.3) is 0 Å². The molecular formula is C17H22N2. The van der Waals surface area contributed by atoms with Gasteiger partial charge in [0.05, 0.1) is 11.4 Å². The van der Waals surface area contributed by atoms with E-state index < -0.39 is 0 Å². The fourth-order valence-corrected chi connectivity index (χ4v) is 2.08. The van der Waals surface area contributed by atoms with Crippen LogP contribution in [0.5, 0.6) is 0 Å². The van der Waals surface area contributed by atoms with Gasteiger partial charge in [0.1, 0.15) is 0 Å². The summed E-state index contributed by atoms with van der Waals surface area (Å²) < 4.78 is 0. The molecular weight excluding hydrogens is 232 g/mol. The van der Waals surface area contributed by atoms with Crippen molar-refractivity contribution in [3.05, 3.63) is 59.7 Å². The third-order valence-electron chi connectivity index (χ3n) is 3.29. The number of nitrogens with one attached hydrogen (secondary N) is 2. The molecule has 0 aliphatic rings. The average molecular weight is 254 g/mol. The first kappa shape index (κ1) is 13.5. The molecule has 2 N–H and O–H groups in total. The zero-order chi connectivity index (χ0) is 13.7. The largest absolute Gasteiger partial charge is 0.301 e. The van der Waals surface area contributed by atoms with E-state index in [0.29, 0.717) is 5.92 Å².